The van der Waals surface area contributed by atoms with Gasteiger partial charge in [-0.25, -0.2) is 4.98 Å². The normalized spacial score (nSPS) is 12.8. The van der Waals surface area contributed by atoms with Crippen LogP contribution in [-0.2, 0) is 19.5 Å². The predicted molar refractivity (Wildman–Crippen MR) is 128 cm³/mol. The molecule has 1 aromatic carbocycles. The summed E-state index contributed by atoms with van der Waals surface area (Å²) in [5, 5.41) is 3.41. The summed E-state index contributed by atoms with van der Waals surface area (Å²) < 4.78 is 33.1. The number of hydrogen-bond acceptors (Lipinski definition) is 9. The van der Waals surface area contributed by atoms with Gasteiger partial charge < -0.3 is 35.2 Å². The summed E-state index contributed by atoms with van der Waals surface area (Å²) >= 11 is 0. The second kappa shape index (κ2) is 9.51. The average molecular weight is 482 g/mol. The Hall–Kier alpha value is -3.70. The number of fused-ring (bicyclic) bond motifs is 2. The fourth-order valence-electron chi connectivity index (χ4n) is 4.15. The third-order valence-corrected chi connectivity index (χ3v) is 5.81. The molecule has 4 heterocycles. The number of rotatable bonds is 9. The minimum Gasteiger partial charge on any atom is -0.460 e. The molecule has 0 radical (unpaired) electrons. The Balaban J connectivity index is 1.57. The first-order valence-electron chi connectivity index (χ1n) is 11.5. The van der Waals surface area contributed by atoms with Crippen molar-refractivity contribution in [1.82, 2.24) is 24.8 Å². The number of aromatic nitrogens is 4. The molecule has 4 aromatic rings. The van der Waals surface area contributed by atoms with Crippen LogP contribution in [0.4, 0.5) is 10.2 Å². The molecule has 5 rings (SSSR count). The minimum absolute atomic E-state index is 0.00664. The smallest absolute Gasteiger partial charge is 0.312 e. The second-order valence-corrected chi connectivity index (χ2v) is 8.84. The molecule has 0 amide bonds. The van der Waals surface area contributed by atoms with Crippen molar-refractivity contribution < 1.29 is 18.3 Å². The first-order valence-corrected chi connectivity index (χ1v) is 11.5. The van der Waals surface area contributed by atoms with Gasteiger partial charge in [-0.15, -0.1) is 0 Å². The summed E-state index contributed by atoms with van der Waals surface area (Å²) in [5.74, 6) is 3.79. The van der Waals surface area contributed by atoms with Gasteiger partial charge in [0.15, 0.2) is 28.5 Å². The van der Waals surface area contributed by atoms with E-state index in [1.807, 2.05) is 28.8 Å². The summed E-state index contributed by atoms with van der Waals surface area (Å²) in [6.45, 7) is 6.78. The number of halogens is 1. The molecule has 0 aliphatic carbocycles. The topological polar surface area (TPSA) is 139 Å². The van der Waals surface area contributed by atoms with Gasteiger partial charge >= 0.3 is 6.08 Å². The summed E-state index contributed by atoms with van der Waals surface area (Å²) in [4.78, 5) is 12.4. The van der Waals surface area contributed by atoms with Gasteiger partial charge in [-0.1, -0.05) is 13.8 Å². The molecule has 10 nitrogen and oxygen atoms in total. The van der Waals surface area contributed by atoms with E-state index in [4.69, 9.17) is 30.3 Å². The van der Waals surface area contributed by atoms with E-state index in [1.54, 1.807) is 0 Å². The lowest BCUT2D eigenvalue weighted by Gasteiger charge is -2.13. The number of hydrogen-bond donors (Lipinski definition) is 3. The van der Waals surface area contributed by atoms with Crippen molar-refractivity contribution in [2.75, 3.05) is 25.6 Å². The van der Waals surface area contributed by atoms with Crippen molar-refractivity contribution in [1.29, 1.82) is 0 Å². The standard InChI is InChI=1S/C24H28FN7O3/c1-13(2)11-28-5-6-32-20(29-21-22(27)30-24(25)31-23(21)32)8-14-7-18-19(34-12-33-18)9-16(14)17-4-3-15(10-26)35-17/h3-4,7,9,13,28H,5-6,8,10-12,26H2,1-2H3,(H2,27,30,31). The van der Waals surface area contributed by atoms with E-state index in [0.29, 0.717) is 72.0 Å². The van der Waals surface area contributed by atoms with E-state index >= 15 is 0 Å². The van der Waals surface area contributed by atoms with Gasteiger partial charge in [0.25, 0.3) is 0 Å². The first kappa shape index (κ1) is 23.1. The fourth-order valence-corrected chi connectivity index (χ4v) is 4.15. The Labute approximate surface area is 201 Å². The maximum atomic E-state index is 14.1. The first-order chi connectivity index (χ1) is 16.9. The number of imidazole rings is 1. The zero-order valence-electron chi connectivity index (χ0n) is 19.7. The van der Waals surface area contributed by atoms with Gasteiger partial charge in [0.1, 0.15) is 17.3 Å². The fraction of sp³-hybridized carbons (Fsp3) is 0.375. The largest absolute Gasteiger partial charge is 0.460 e. The monoisotopic (exact) mass is 481 g/mol. The van der Waals surface area contributed by atoms with Gasteiger partial charge in [0.2, 0.25) is 6.79 Å². The summed E-state index contributed by atoms with van der Waals surface area (Å²) in [5.41, 5.74) is 14.2. The number of furan rings is 1. The number of nitrogens with two attached hydrogens (primary N) is 2. The number of nitrogens with zero attached hydrogens (tertiary/aromatic N) is 4. The molecule has 1 aliphatic rings. The Bertz CT molecular complexity index is 1370. The highest BCUT2D eigenvalue weighted by Crippen LogP contribution is 2.40. The van der Waals surface area contributed by atoms with Crippen LogP contribution in [0.15, 0.2) is 28.7 Å². The third-order valence-electron chi connectivity index (χ3n) is 5.81. The molecular weight excluding hydrogens is 453 g/mol. The molecule has 0 atom stereocenters. The molecule has 1 aliphatic heterocycles. The Morgan fingerprint density at radius 3 is 2.69 bits per heavy atom. The van der Waals surface area contributed by atoms with Crippen LogP contribution in [0, 0.1) is 12.0 Å². The van der Waals surface area contributed by atoms with Crippen LogP contribution in [-0.4, -0.2) is 39.4 Å². The van der Waals surface area contributed by atoms with Gasteiger partial charge in [0, 0.05) is 25.1 Å². The highest BCUT2D eigenvalue weighted by Gasteiger charge is 2.23. The van der Waals surface area contributed by atoms with E-state index in [0.717, 1.165) is 17.7 Å². The maximum Gasteiger partial charge on any atom is 0.312 e. The second-order valence-electron chi connectivity index (χ2n) is 8.84. The number of ether oxygens (including phenoxy) is 2. The lowest BCUT2D eigenvalue weighted by molar-refractivity contribution is 0.174. The Morgan fingerprint density at radius 2 is 1.94 bits per heavy atom. The molecule has 0 spiro atoms. The van der Waals surface area contributed by atoms with Crippen LogP contribution in [0.2, 0.25) is 0 Å². The zero-order valence-corrected chi connectivity index (χ0v) is 19.7. The van der Waals surface area contributed by atoms with Crippen molar-refractivity contribution in [2.24, 2.45) is 11.7 Å². The quantitative estimate of drug-likeness (QED) is 0.243. The summed E-state index contributed by atoms with van der Waals surface area (Å²) in [7, 11) is 0. The maximum absolute atomic E-state index is 14.1. The molecule has 5 N–H and O–H groups in total. The number of nitrogens with one attached hydrogen (secondary N) is 1. The molecule has 0 saturated carbocycles. The zero-order chi connectivity index (χ0) is 24.5. The van der Waals surface area contributed by atoms with Gasteiger partial charge in [-0.05, 0) is 42.3 Å². The predicted octanol–water partition coefficient (Wildman–Crippen LogP) is 2.83. The highest BCUT2D eigenvalue weighted by molar-refractivity contribution is 5.82. The van der Waals surface area contributed by atoms with Crippen LogP contribution in [0.3, 0.4) is 0 Å². The van der Waals surface area contributed by atoms with Crippen LogP contribution in [0.1, 0.15) is 31.0 Å². The van der Waals surface area contributed by atoms with E-state index in [9.17, 15) is 4.39 Å². The van der Waals surface area contributed by atoms with E-state index in [2.05, 4.69) is 29.1 Å². The molecule has 3 aromatic heterocycles. The van der Waals surface area contributed by atoms with Crippen molar-refractivity contribution in [3.63, 3.8) is 0 Å². The molecule has 0 fully saturated rings. The molecule has 11 heteroatoms. The van der Waals surface area contributed by atoms with Crippen LogP contribution in [0.5, 0.6) is 11.5 Å². The molecule has 0 saturated heterocycles. The van der Waals surface area contributed by atoms with Gasteiger partial charge in [-0.2, -0.15) is 14.4 Å². The average Bonchev–Trinajstić information content (AvgIpc) is 3.55. The van der Waals surface area contributed by atoms with Crippen molar-refractivity contribution in [3.8, 4) is 22.8 Å². The number of anilines is 1. The van der Waals surface area contributed by atoms with Crippen molar-refractivity contribution in [2.45, 2.75) is 33.4 Å². The minimum atomic E-state index is -0.883. The van der Waals surface area contributed by atoms with Gasteiger partial charge in [0.05, 0.1) is 6.54 Å². The van der Waals surface area contributed by atoms with Crippen LogP contribution < -0.4 is 26.3 Å². The molecule has 0 bridgehead atoms. The third kappa shape index (κ3) is 4.64. The van der Waals surface area contributed by atoms with E-state index in [1.165, 1.54) is 0 Å². The molecule has 184 valence electrons. The van der Waals surface area contributed by atoms with Gasteiger partial charge in [-0.3, -0.25) is 0 Å². The summed E-state index contributed by atoms with van der Waals surface area (Å²) in [6.07, 6.45) is -0.488. The summed E-state index contributed by atoms with van der Waals surface area (Å²) in [6, 6.07) is 7.53. The molecule has 0 unspecified atom stereocenters. The van der Waals surface area contributed by atoms with Crippen LogP contribution in [0.25, 0.3) is 22.5 Å². The molecular formula is C24H28FN7O3. The lowest BCUT2D eigenvalue weighted by atomic mass is 10.0. The highest BCUT2D eigenvalue weighted by atomic mass is 19.1. The van der Waals surface area contributed by atoms with E-state index < -0.39 is 6.08 Å². The van der Waals surface area contributed by atoms with E-state index in [-0.39, 0.29) is 12.6 Å². The van der Waals surface area contributed by atoms with Crippen molar-refractivity contribution in [3.05, 3.63) is 47.5 Å². The lowest BCUT2D eigenvalue weighted by Crippen LogP contribution is -2.25. The molecule has 35 heavy (non-hydrogen) atoms. The van der Waals surface area contributed by atoms with Crippen molar-refractivity contribution >= 4 is 17.0 Å². The Kier molecular flexibility index (Phi) is 6.27. The SMILES string of the molecule is CC(C)CNCCn1c(Cc2cc3c(cc2-c2ccc(CN)o2)OCO3)nc2c(N)nc(F)nc21. The number of nitrogen functional groups attached to an aromatic ring is 1. The van der Waals surface area contributed by atoms with Crippen LogP contribution >= 0.6 is 0 Å². The number of benzene rings is 1. The Morgan fingerprint density at radius 1 is 1.14 bits per heavy atom.